The van der Waals surface area contributed by atoms with E-state index in [9.17, 15) is 4.79 Å². The summed E-state index contributed by atoms with van der Waals surface area (Å²) < 4.78 is 6.46. The number of ether oxygens (including phenoxy) is 1. The second kappa shape index (κ2) is 7.75. The van der Waals surface area contributed by atoms with Crippen LogP contribution in [-0.2, 0) is 4.74 Å². The largest absolute Gasteiger partial charge is 0.364 e. The Hall–Kier alpha value is -0.933. The fourth-order valence-electron chi connectivity index (χ4n) is 5.23. The highest BCUT2D eigenvalue weighted by atomic mass is 28.3. The van der Waals surface area contributed by atoms with Gasteiger partial charge in [-0.2, -0.15) is 0 Å². The van der Waals surface area contributed by atoms with E-state index in [0.717, 1.165) is 35.0 Å². The lowest BCUT2D eigenvalue weighted by Gasteiger charge is -2.45. The van der Waals surface area contributed by atoms with E-state index in [-0.39, 0.29) is 11.9 Å². The molecule has 1 aliphatic heterocycles. The lowest BCUT2D eigenvalue weighted by atomic mass is 9.92. The van der Waals surface area contributed by atoms with Gasteiger partial charge in [-0.3, -0.25) is 4.79 Å². The minimum Gasteiger partial charge on any atom is -0.364 e. The van der Waals surface area contributed by atoms with Gasteiger partial charge < -0.3 is 4.74 Å². The maximum absolute atomic E-state index is 13.0. The zero-order chi connectivity index (χ0) is 18.8. The van der Waals surface area contributed by atoms with Gasteiger partial charge >= 0.3 is 0 Å². The Morgan fingerprint density at radius 2 is 1.60 bits per heavy atom. The van der Waals surface area contributed by atoms with Crippen LogP contribution in [0.15, 0.2) is 30.3 Å². The second-order valence-electron chi connectivity index (χ2n) is 8.99. The van der Waals surface area contributed by atoms with Crippen LogP contribution in [0, 0.1) is 0 Å². The van der Waals surface area contributed by atoms with Crippen molar-refractivity contribution >= 4 is 13.9 Å². The Balaban J connectivity index is 2.17. The van der Waals surface area contributed by atoms with Crippen molar-refractivity contribution in [2.24, 2.45) is 0 Å². The summed E-state index contributed by atoms with van der Waals surface area (Å²) in [6.07, 6.45) is 2.08. The number of benzene rings is 1. The molecule has 1 heterocycles. The standard InChI is InChI=1S/C22H36O2Si/c1-16(2)25(17(3)4,18(5)6)15-20-13-14-22(7,24-20)21(23)19-11-9-8-10-12-19/h8-12,16-18,20H,13-15H2,1-7H3. The van der Waals surface area contributed by atoms with E-state index in [1.165, 1.54) is 6.04 Å². The van der Waals surface area contributed by atoms with Gasteiger partial charge in [0.25, 0.3) is 0 Å². The van der Waals surface area contributed by atoms with Gasteiger partial charge in [0.1, 0.15) is 5.60 Å². The molecule has 0 aliphatic carbocycles. The molecular weight excluding hydrogens is 324 g/mol. The van der Waals surface area contributed by atoms with Crippen LogP contribution < -0.4 is 0 Å². The van der Waals surface area contributed by atoms with Crippen molar-refractivity contribution in [1.29, 1.82) is 0 Å². The maximum Gasteiger partial charge on any atom is 0.194 e. The molecule has 0 bridgehead atoms. The molecule has 25 heavy (non-hydrogen) atoms. The molecule has 2 rings (SSSR count). The normalized spacial score (nSPS) is 24.5. The fraction of sp³-hybridized carbons (Fsp3) is 0.682. The topological polar surface area (TPSA) is 26.3 Å². The van der Waals surface area contributed by atoms with Gasteiger partial charge in [0.2, 0.25) is 0 Å². The molecule has 1 fully saturated rings. The molecule has 2 atom stereocenters. The molecule has 3 heteroatoms. The minimum absolute atomic E-state index is 0.140. The van der Waals surface area contributed by atoms with Crippen LogP contribution in [0.4, 0.5) is 0 Å². The number of rotatable bonds is 7. The van der Waals surface area contributed by atoms with E-state index >= 15 is 0 Å². The van der Waals surface area contributed by atoms with Crippen LogP contribution in [-0.4, -0.2) is 25.6 Å². The van der Waals surface area contributed by atoms with Crippen LogP contribution in [0.5, 0.6) is 0 Å². The van der Waals surface area contributed by atoms with E-state index in [4.69, 9.17) is 4.74 Å². The molecule has 0 radical (unpaired) electrons. The molecule has 1 saturated heterocycles. The van der Waals surface area contributed by atoms with Gasteiger partial charge in [-0.05, 0) is 25.8 Å². The number of carbonyl (C=O) groups is 1. The van der Waals surface area contributed by atoms with E-state index in [1.807, 2.05) is 37.3 Å². The Labute approximate surface area is 155 Å². The van der Waals surface area contributed by atoms with Crippen molar-refractivity contribution in [1.82, 2.24) is 0 Å². The highest BCUT2D eigenvalue weighted by Gasteiger charge is 2.49. The van der Waals surface area contributed by atoms with Gasteiger partial charge in [0.15, 0.2) is 5.78 Å². The molecule has 2 unspecified atom stereocenters. The van der Waals surface area contributed by atoms with E-state index in [0.29, 0.717) is 0 Å². The molecule has 1 aromatic carbocycles. The Kier molecular flexibility index (Phi) is 6.32. The Morgan fingerprint density at radius 1 is 1.08 bits per heavy atom. The van der Waals surface area contributed by atoms with Crippen LogP contribution >= 0.6 is 0 Å². The van der Waals surface area contributed by atoms with Gasteiger partial charge in [-0.25, -0.2) is 0 Å². The Morgan fingerprint density at radius 3 is 2.08 bits per heavy atom. The number of ketones is 1. The third kappa shape index (κ3) is 3.93. The monoisotopic (exact) mass is 360 g/mol. The van der Waals surface area contributed by atoms with Crippen molar-refractivity contribution in [3.05, 3.63) is 35.9 Å². The average molecular weight is 361 g/mol. The summed E-state index contributed by atoms with van der Waals surface area (Å²) in [5.41, 5.74) is 2.30. The molecule has 0 amide bonds. The Bertz CT molecular complexity index is 557. The van der Waals surface area contributed by atoms with E-state index < -0.39 is 13.7 Å². The fourth-order valence-corrected chi connectivity index (χ4v) is 11.7. The van der Waals surface area contributed by atoms with Crippen LogP contribution in [0.2, 0.25) is 22.7 Å². The van der Waals surface area contributed by atoms with Crippen molar-refractivity contribution in [3.8, 4) is 0 Å². The molecule has 0 aromatic heterocycles. The minimum atomic E-state index is -1.51. The summed E-state index contributed by atoms with van der Waals surface area (Å²) in [5.74, 6) is 0.140. The average Bonchev–Trinajstić information content (AvgIpc) is 2.94. The van der Waals surface area contributed by atoms with Crippen molar-refractivity contribution in [2.45, 2.75) is 95.7 Å². The first-order valence-corrected chi connectivity index (χ1v) is 12.3. The van der Waals surface area contributed by atoms with Gasteiger partial charge in [-0.15, -0.1) is 0 Å². The molecule has 1 aromatic rings. The van der Waals surface area contributed by atoms with Gasteiger partial charge in [0.05, 0.1) is 14.2 Å². The van der Waals surface area contributed by atoms with Crippen LogP contribution in [0.3, 0.4) is 0 Å². The zero-order valence-electron chi connectivity index (χ0n) is 17.1. The van der Waals surface area contributed by atoms with Crippen LogP contribution in [0.1, 0.15) is 71.7 Å². The summed E-state index contributed by atoms with van der Waals surface area (Å²) >= 11 is 0. The van der Waals surface area contributed by atoms with Gasteiger partial charge in [0, 0.05) is 5.56 Å². The third-order valence-electron chi connectivity index (χ3n) is 6.69. The quantitative estimate of drug-likeness (QED) is 0.410. The second-order valence-corrected chi connectivity index (χ2v) is 15.1. The van der Waals surface area contributed by atoms with Crippen LogP contribution in [0.25, 0.3) is 0 Å². The first kappa shape index (κ1) is 20.4. The predicted octanol–water partition coefficient (Wildman–Crippen LogP) is 6.49. The lowest BCUT2D eigenvalue weighted by Crippen LogP contribution is -2.47. The summed E-state index contributed by atoms with van der Waals surface area (Å²) in [4.78, 5) is 13.0. The lowest BCUT2D eigenvalue weighted by molar-refractivity contribution is -0.00809. The van der Waals surface area contributed by atoms with Crippen molar-refractivity contribution in [3.63, 3.8) is 0 Å². The third-order valence-corrected chi connectivity index (χ3v) is 14.3. The first-order valence-electron chi connectivity index (χ1n) is 9.91. The smallest absolute Gasteiger partial charge is 0.194 e. The SMILES string of the molecule is CC(C)[Si](CC1CCC(C)(C(=O)c2ccccc2)O1)(C(C)C)C(C)C. The number of carbonyl (C=O) groups excluding carboxylic acids is 1. The summed E-state index contributed by atoms with van der Waals surface area (Å²) in [6, 6.07) is 10.8. The van der Waals surface area contributed by atoms with Crippen molar-refractivity contribution in [2.75, 3.05) is 0 Å². The predicted molar refractivity (Wildman–Crippen MR) is 109 cm³/mol. The molecule has 2 nitrogen and oxygen atoms in total. The summed E-state index contributed by atoms with van der Waals surface area (Å²) in [7, 11) is -1.51. The van der Waals surface area contributed by atoms with Gasteiger partial charge in [-0.1, -0.05) is 88.5 Å². The number of hydrogen-bond donors (Lipinski definition) is 0. The first-order chi connectivity index (χ1) is 11.6. The van der Waals surface area contributed by atoms with Crippen molar-refractivity contribution < 1.29 is 9.53 Å². The molecule has 0 saturated carbocycles. The summed E-state index contributed by atoms with van der Waals surface area (Å²) in [6.45, 7) is 16.4. The van der Waals surface area contributed by atoms with E-state index in [2.05, 4.69) is 41.5 Å². The molecular formula is C22H36O2Si. The highest BCUT2D eigenvalue weighted by molar-refractivity contribution is 6.83. The molecule has 0 N–H and O–H groups in total. The molecule has 1 aliphatic rings. The number of Topliss-reactive ketones (excluding diaryl/α,β-unsaturated/α-hetero) is 1. The zero-order valence-corrected chi connectivity index (χ0v) is 18.1. The molecule has 140 valence electrons. The highest BCUT2D eigenvalue weighted by Crippen LogP contribution is 2.48. The summed E-state index contributed by atoms with van der Waals surface area (Å²) in [5, 5.41) is 0. The molecule has 0 spiro atoms. The number of hydrogen-bond acceptors (Lipinski definition) is 2. The maximum atomic E-state index is 13.0. The van der Waals surface area contributed by atoms with E-state index in [1.54, 1.807) is 0 Å².